The van der Waals surface area contributed by atoms with E-state index in [0.29, 0.717) is 23.9 Å². The van der Waals surface area contributed by atoms with E-state index >= 15 is 0 Å². The SMILES string of the molecule is CCOC(=O)CCN(Cc1ccc(Cl)cc1)C(=O)/C=C/c1ccco1. The van der Waals surface area contributed by atoms with Gasteiger partial charge in [0.15, 0.2) is 0 Å². The first kappa shape index (κ1) is 18.8. The monoisotopic (exact) mass is 361 g/mol. The Labute approximate surface area is 151 Å². The maximum absolute atomic E-state index is 12.5. The van der Waals surface area contributed by atoms with Gasteiger partial charge < -0.3 is 14.1 Å². The second-order valence-electron chi connectivity index (χ2n) is 5.29. The molecule has 0 fully saturated rings. The number of ether oxygens (including phenoxy) is 1. The number of carbonyl (C=O) groups excluding carboxylic acids is 2. The van der Waals surface area contributed by atoms with Gasteiger partial charge in [0.1, 0.15) is 5.76 Å². The van der Waals surface area contributed by atoms with E-state index in [1.807, 2.05) is 12.1 Å². The van der Waals surface area contributed by atoms with E-state index in [1.54, 1.807) is 42.2 Å². The van der Waals surface area contributed by atoms with E-state index < -0.39 is 0 Å². The Balaban J connectivity index is 2.05. The van der Waals surface area contributed by atoms with Gasteiger partial charge in [0.05, 0.1) is 19.3 Å². The van der Waals surface area contributed by atoms with Gasteiger partial charge in [-0.15, -0.1) is 0 Å². The number of furan rings is 1. The van der Waals surface area contributed by atoms with Crippen LogP contribution in [0.5, 0.6) is 0 Å². The molecular weight excluding hydrogens is 342 g/mol. The number of halogens is 1. The zero-order valence-corrected chi connectivity index (χ0v) is 14.7. The van der Waals surface area contributed by atoms with Gasteiger partial charge in [-0.1, -0.05) is 23.7 Å². The number of hydrogen-bond donors (Lipinski definition) is 0. The zero-order valence-electron chi connectivity index (χ0n) is 14.0. The van der Waals surface area contributed by atoms with Gasteiger partial charge in [-0.25, -0.2) is 0 Å². The van der Waals surface area contributed by atoms with E-state index in [4.69, 9.17) is 20.8 Å². The van der Waals surface area contributed by atoms with Crippen molar-refractivity contribution in [3.05, 3.63) is 65.1 Å². The average Bonchev–Trinajstić information content (AvgIpc) is 3.12. The predicted molar refractivity (Wildman–Crippen MR) is 95.9 cm³/mol. The number of rotatable bonds is 8. The van der Waals surface area contributed by atoms with Crippen LogP contribution in [-0.4, -0.2) is 29.9 Å². The average molecular weight is 362 g/mol. The Kier molecular flexibility index (Phi) is 7.29. The lowest BCUT2D eigenvalue weighted by Crippen LogP contribution is -2.31. The highest BCUT2D eigenvalue weighted by Crippen LogP contribution is 2.13. The quantitative estimate of drug-likeness (QED) is 0.528. The third kappa shape index (κ3) is 6.47. The number of benzene rings is 1. The molecule has 2 rings (SSSR count). The van der Waals surface area contributed by atoms with Crippen molar-refractivity contribution in [2.75, 3.05) is 13.2 Å². The zero-order chi connectivity index (χ0) is 18.1. The maximum Gasteiger partial charge on any atom is 0.307 e. The molecule has 0 N–H and O–H groups in total. The van der Waals surface area contributed by atoms with Crippen LogP contribution < -0.4 is 0 Å². The lowest BCUT2D eigenvalue weighted by Gasteiger charge is -2.21. The minimum atomic E-state index is -0.327. The first-order valence-corrected chi connectivity index (χ1v) is 8.37. The fourth-order valence-corrected chi connectivity index (χ4v) is 2.31. The van der Waals surface area contributed by atoms with E-state index in [2.05, 4.69) is 0 Å². The molecule has 0 saturated carbocycles. The lowest BCUT2D eigenvalue weighted by molar-refractivity contribution is -0.143. The summed E-state index contributed by atoms with van der Waals surface area (Å²) < 4.78 is 10.1. The molecule has 0 spiro atoms. The van der Waals surface area contributed by atoms with Crippen LogP contribution in [0, 0.1) is 0 Å². The van der Waals surface area contributed by atoms with Gasteiger partial charge in [0.25, 0.3) is 0 Å². The minimum Gasteiger partial charge on any atom is -0.466 e. The summed E-state index contributed by atoms with van der Waals surface area (Å²) in [5.74, 6) is 0.0484. The highest BCUT2D eigenvalue weighted by molar-refractivity contribution is 6.30. The van der Waals surface area contributed by atoms with Gasteiger partial charge >= 0.3 is 5.97 Å². The molecule has 1 aromatic carbocycles. The smallest absolute Gasteiger partial charge is 0.307 e. The van der Waals surface area contributed by atoms with E-state index in [1.165, 1.54) is 12.3 Å². The third-order valence-electron chi connectivity index (χ3n) is 3.42. The second kappa shape index (κ2) is 9.69. The van der Waals surface area contributed by atoms with Crippen molar-refractivity contribution in [3.63, 3.8) is 0 Å². The highest BCUT2D eigenvalue weighted by atomic mass is 35.5. The van der Waals surface area contributed by atoms with Crippen molar-refractivity contribution in [3.8, 4) is 0 Å². The van der Waals surface area contributed by atoms with Crippen LogP contribution in [0.25, 0.3) is 6.08 Å². The van der Waals surface area contributed by atoms with Crippen LogP contribution in [0.15, 0.2) is 53.2 Å². The topological polar surface area (TPSA) is 59.8 Å². The molecule has 6 heteroatoms. The molecule has 25 heavy (non-hydrogen) atoms. The van der Waals surface area contributed by atoms with Gasteiger partial charge in [0, 0.05) is 24.2 Å². The summed E-state index contributed by atoms with van der Waals surface area (Å²) in [5, 5.41) is 0.630. The largest absolute Gasteiger partial charge is 0.466 e. The molecule has 1 heterocycles. The van der Waals surface area contributed by atoms with Crippen LogP contribution in [-0.2, 0) is 20.9 Å². The molecule has 2 aromatic rings. The van der Waals surface area contributed by atoms with Crippen molar-refractivity contribution in [2.24, 2.45) is 0 Å². The molecule has 0 saturated heterocycles. The molecule has 0 bridgehead atoms. The van der Waals surface area contributed by atoms with Crippen molar-refractivity contribution < 1.29 is 18.7 Å². The molecule has 5 nitrogen and oxygen atoms in total. The molecule has 1 amide bonds. The van der Waals surface area contributed by atoms with Crippen molar-refractivity contribution in [2.45, 2.75) is 19.9 Å². The Morgan fingerprint density at radius 2 is 2.00 bits per heavy atom. The molecule has 132 valence electrons. The van der Waals surface area contributed by atoms with Gasteiger partial charge in [-0.05, 0) is 42.8 Å². The summed E-state index contributed by atoms with van der Waals surface area (Å²) in [6, 6.07) is 10.7. The summed E-state index contributed by atoms with van der Waals surface area (Å²) in [6.07, 6.45) is 4.71. The molecule has 0 aliphatic heterocycles. The Morgan fingerprint density at radius 1 is 1.24 bits per heavy atom. The van der Waals surface area contributed by atoms with Gasteiger partial charge in [0.2, 0.25) is 5.91 Å². The summed E-state index contributed by atoms with van der Waals surface area (Å²) in [4.78, 5) is 25.7. The Morgan fingerprint density at radius 3 is 2.64 bits per heavy atom. The number of carbonyl (C=O) groups is 2. The standard InChI is InChI=1S/C19H20ClNO4/c1-2-24-19(23)11-12-21(14-15-5-7-16(20)8-6-15)18(22)10-9-17-4-3-13-25-17/h3-10,13H,2,11-12,14H2,1H3/b10-9+. The number of hydrogen-bond acceptors (Lipinski definition) is 4. The van der Waals surface area contributed by atoms with E-state index in [-0.39, 0.29) is 24.8 Å². The summed E-state index contributed by atoms with van der Waals surface area (Å²) in [6.45, 7) is 2.71. The number of nitrogens with zero attached hydrogens (tertiary/aromatic N) is 1. The van der Waals surface area contributed by atoms with Crippen LogP contribution in [0.2, 0.25) is 5.02 Å². The second-order valence-corrected chi connectivity index (χ2v) is 5.73. The van der Waals surface area contributed by atoms with Crippen molar-refractivity contribution in [1.82, 2.24) is 4.90 Å². The van der Waals surface area contributed by atoms with E-state index in [0.717, 1.165) is 5.56 Å². The summed E-state index contributed by atoms with van der Waals surface area (Å²) >= 11 is 5.89. The number of amides is 1. The molecule has 0 aliphatic rings. The highest BCUT2D eigenvalue weighted by Gasteiger charge is 2.14. The Hall–Kier alpha value is -2.53. The minimum absolute atomic E-state index is 0.141. The van der Waals surface area contributed by atoms with Crippen LogP contribution >= 0.6 is 11.6 Å². The van der Waals surface area contributed by atoms with Crippen LogP contribution in [0.3, 0.4) is 0 Å². The fourth-order valence-electron chi connectivity index (χ4n) is 2.18. The van der Waals surface area contributed by atoms with E-state index in [9.17, 15) is 9.59 Å². The lowest BCUT2D eigenvalue weighted by atomic mass is 10.2. The maximum atomic E-state index is 12.5. The molecule has 0 atom stereocenters. The summed E-state index contributed by atoms with van der Waals surface area (Å²) in [5.41, 5.74) is 0.924. The Bertz CT molecular complexity index is 708. The van der Waals surface area contributed by atoms with Crippen molar-refractivity contribution in [1.29, 1.82) is 0 Å². The number of esters is 1. The van der Waals surface area contributed by atoms with Gasteiger partial charge in [-0.3, -0.25) is 9.59 Å². The molecule has 1 aromatic heterocycles. The fraction of sp³-hybridized carbons (Fsp3) is 0.263. The van der Waals surface area contributed by atoms with Crippen molar-refractivity contribution >= 4 is 29.6 Å². The summed E-state index contributed by atoms with van der Waals surface area (Å²) in [7, 11) is 0. The third-order valence-corrected chi connectivity index (χ3v) is 3.67. The first-order valence-electron chi connectivity index (χ1n) is 7.99. The molecular formula is C19H20ClNO4. The van der Waals surface area contributed by atoms with Crippen LogP contribution in [0.4, 0.5) is 0 Å². The molecule has 0 radical (unpaired) electrons. The molecule has 0 aliphatic carbocycles. The first-order chi connectivity index (χ1) is 12.1. The van der Waals surface area contributed by atoms with Crippen LogP contribution in [0.1, 0.15) is 24.7 Å². The van der Waals surface area contributed by atoms with Gasteiger partial charge in [-0.2, -0.15) is 0 Å². The normalized spacial score (nSPS) is 10.8. The predicted octanol–water partition coefficient (Wildman–Crippen LogP) is 3.93. The molecule has 0 unspecified atom stereocenters.